The Kier molecular flexibility index (Phi) is 6.56. The summed E-state index contributed by atoms with van der Waals surface area (Å²) in [5.74, 6) is 0. The first kappa shape index (κ1) is 22.1. The first-order valence-corrected chi connectivity index (χ1v) is 12.3. The molecular weight excluding hydrogens is 446 g/mol. The Morgan fingerprint density at radius 1 is 1.24 bits per heavy atom. The molecule has 0 aliphatic carbocycles. The maximum atomic E-state index is 13.1. The summed E-state index contributed by atoms with van der Waals surface area (Å²) < 4.78 is 7.92. The van der Waals surface area contributed by atoms with E-state index < -0.39 is 0 Å². The van der Waals surface area contributed by atoms with Crippen LogP contribution in [0.5, 0.6) is 0 Å². The second-order valence-corrected chi connectivity index (χ2v) is 9.16. The van der Waals surface area contributed by atoms with E-state index in [1.54, 1.807) is 35.6 Å². The quantitative estimate of drug-likeness (QED) is 0.402. The third-order valence-corrected chi connectivity index (χ3v) is 6.88. The van der Waals surface area contributed by atoms with Gasteiger partial charge in [-0.15, -0.1) is 11.3 Å². The van der Waals surface area contributed by atoms with E-state index in [9.17, 15) is 4.79 Å². The summed E-state index contributed by atoms with van der Waals surface area (Å²) in [4.78, 5) is 20.7. The summed E-state index contributed by atoms with van der Waals surface area (Å²) in [7, 11) is 0. The molecule has 0 bridgehead atoms. The van der Waals surface area contributed by atoms with Crippen molar-refractivity contribution in [2.45, 2.75) is 25.4 Å². The van der Waals surface area contributed by atoms with Crippen LogP contribution in [0.2, 0.25) is 0 Å². The molecule has 1 N–H and O–H groups in total. The molecule has 2 aromatic heterocycles. The topological polar surface area (TPSA) is 82.7 Å². The van der Waals surface area contributed by atoms with Crippen LogP contribution in [-0.2, 0) is 11.2 Å². The van der Waals surface area contributed by atoms with Gasteiger partial charge in [0.2, 0.25) is 0 Å². The molecule has 1 atom stereocenters. The van der Waals surface area contributed by atoms with Gasteiger partial charge in [-0.3, -0.25) is 4.40 Å². The Labute approximate surface area is 202 Å². The molecule has 4 aromatic rings. The molecule has 1 saturated heterocycles. The van der Waals surface area contributed by atoms with Crippen molar-refractivity contribution in [3.63, 3.8) is 0 Å². The molecule has 1 unspecified atom stereocenters. The van der Waals surface area contributed by atoms with Crippen LogP contribution in [-0.4, -0.2) is 46.1 Å². The Morgan fingerprint density at radius 3 is 2.79 bits per heavy atom. The molecular formula is C26H25N5O2S. The molecule has 1 aliphatic heterocycles. The molecule has 2 amide bonds. The van der Waals surface area contributed by atoms with Gasteiger partial charge in [-0.05, 0) is 37.1 Å². The number of amides is 2. The molecule has 7 nitrogen and oxygen atoms in total. The minimum absolute atomic E-state index is 0.0622. The van der Waals surface area contributed by atoms with Crippen LogP contribution >= 0.6 is 11.3 Å². The average molecular weight is 472 g/mol. The minimum atomic E-state index is -0.165. The summed E-state index contributed by atoms with van der Waals surface area (Å²) in [6, 6.07) is 19.0. The van der Waals surface area contributed by atoms with Gasteiger partial charge in [-0.2, -0.15) is 5.26 Å². The monoisotopic (exact) mass is 471 g/mol. The molecule has 1 fully saturated rings. The van der Waals surface area contributed by atoms with E-state index in [0.29, 0.717) is 30.8 Å². The molecule has 172 valence electrons. The Bertz CT molecular complexity index is 1300. The lowest BCUT2D eigenvalue weighted by Crippen LogP contribution is -2.41. The Balaban J connectivity index is 1.30. The van der Waals surface area contributed by atoms with Gasteiger partial charge in [0, 0.05) is 54.6 Å². The van der Waals surface area contributed by atoms with Crippen molar-refractivity contribution in [1.29, 1.82) is 5.26 Å². The summed E-state index contributed by atoms with van der Waals surface area (Å²) >= 11 is 1.61. The number of urea groups is 1. The highest BCUT2D eigenvalue weighted by Crippen LogP contribution is 2.24. The average Bonchev–Trinajstić information content (AvgIpc) is 3.61. The number of benzene rings is 2. The number of anilines is 1. The number of hydrogen-bond donors (Lipinski definition) is 1. The number of imidazole rings is 1. The van der Waals surface area contributed by atoms with Crippen LogP contribution in [0.3, 0.4) is 0 Å². The van der Waals surface area contributed by atoms with Gasteiger partial charge in [-0.25, -0.2) is 9.78 Å². The van der Waals surface area contributed by atoms with Crippen molar-refractivity contribution in [2.24, 2.45) is 0 Å². The third-order valence-electron chi connectivity index (χ3n) is 5.99. The fourth-order valence-electron chi connectivity index (χ4n) is 4.15. The van der Waals surface area contributed by atoms with Gasteiger partial charge in [-0.1, -0.05) is 30.3 Å². The first-order chi connectivity index (χ1) is 16.7. The highest BCUT2D eigenvalue weighted by atomic mass is 32.1. The molecule has 8 heteroatoms. The van der Waals surface area contributed by atoms with Crippen molar-refractivity contribution in [3.8, 4) is 17.3 Å². The van der Waals surface area contributed by atoms with Crippen molar-refractivity contribution in [1.82, 2.24) is 14.3 Å². The summed E-state index contributed by atoms with van der Waals surface area (Å²) in [6.45, 7) is 1.86. The van der Waals surface area contributed by atoms with Gasteiger partial charge >= 0.3 is 6.03 Å². The molecule has 0 radical (unpaired) electrons. The fraction of sp³-hybridized carbons (Fsp3) is 0.269. The Morgan fingerprint density at radius 2 is 2.06 bits per heavy atom. The second-order valence-electron chi connectivity index (χ2n) is 8.32. The lowest BCUT2D eigenvalue weighted by Gasteiger charge is -2.25. The van der Waals surface area contributed by atoms with E-state index in [1.807, 2.05) is 23.1 Å². The van der Waals surface area contributed by atoms with Crippen molar-refractivity contribution in [2.75, 3.05) is 25.0 Å². The predicted octanol–water partition coefficient (Wildman–Crippen LogP) is 5.19. The number of nitriles is 1. The second kappa shape index (κ2) is 10.1. The van der Waals surface area contributed by atoms with Crippen LogP contribution in [0, 0.1) is 11.3 Å². The van der Waals surface area contributed by atoms with Crippen LogP contribution in [0.25, 0.3) is 16.2 Å². The number of hydrogen-bond acceptors (Lipinski definition) is 5. The fourth-order valence-corrected chi connectivity index (χ4v) is 5.05. The molecule has 1 aliphatic rings. The standard InChI is InChI=1S/C26H25N5O2S/c27-15-19-8-10-21(11-9-19)28-25(32)30(16-23-7-4-14-33-23)13-12-22-18-34-26-29-24(17-31(22)26)20-5-2-1-3-6-20/h1-3,5-6,8-11,17-18,23H,4,7,12-14,16H2,(H,28,32). The van der Waals surface area contributed by atoms with E-state index in [4.69, 9.17) is 15.0 Å². The van der Waals surface area contributed by atoms with Crippen LogP contribution in [0.15, 0.2) is 66.2 Å². The van der Waals surface area contributed by atoms with E-state index in [-0.39, 0.29) is 12.1 Å². The number of carbonyl (C=O) groups excluding carboxylic acids is 1. The number of fused-ring (bicyclic) bond motifs is 1. The number of thiazole rings is 1. The Hall–Kier alpha value is -3.67. The smallest absolute Gasteiger partial charge is 0.321 e. The van der Waals surface area contributed by atoms with E-state index in [0.717, 1.165) is 41.4 Å². The van der Waals surface area contributed by atoms with Crippen molar-refractivity contribution in [3.05, 3.63) is 77.4 Å². The predicted molar refractivity (Wildman–Crippen MR) is 133 cm³/mol. The molecule has 5 rings (SSSR count). The first-order valence-electron chi connectivity index (χ1n) is 11.4. The van der Waals surface area contributed by atoms with Gasteiger partial charge in [0.15, 0.2) is 4.96 Å². The highest BCUT2D eigenvalue weighted by molar-refractivity contribution is 7.15. The van der Waals surface area contributed by atoms with E-state index in [1.165, 1.54) is 0 Å². The highest BCUT2D eigenvalue weighted by Gasteiger charge is 2.23. The zero-order valence-corrected chi connectivity index (χ0v) is 19.5. The van der Waals surface area contributed by atoms with Crippen LogP contribution in [0.4, 0.5) is 10.5 Å². The van der Waals surface area contributed by atoms with Crippen LogP contribution in [0.1, 0.15) is 24.1 Å². The van der Waals surface area contributed by atoms with E-state index in [2.05, 4.69) is 39.5 Å². The van der Waals surface area contributed by atoms with Gasteiger partial charge in [0.25, 0.3) is 0 Å². The molecule has 0 saturated carbocycles. The van der Waals surface area contributed by atoms with Crippen LogP contribution < -0.4 is 5.32 Å². The lowest BCUT2D eigenvalue weighted by molar-refractivity contribution is 0.0838. The maximum absolute atomic E-state index is 13.1. The maximum Gasteiger partial charge on any atom is 0.321 e. The molecule has 34 heavy (non-hydrogen) atoms. The lowest BCUT2D eigenvalue weighted by atomic mass is 10.2. The normalized spacial score (nSPS) is 15.3. The third kappa shape index (κ3) is 4.96. The van der Waals surface area contributed by atoms with Crippen molar-refractivity contribution >= 4 is 28.0 Å². The van der Waals surface area contributed by atoms with Crippen molar-refractivity contribution < 1.29 is 9.53 Å². The molecule has 2 aromatic carbocycles. The number of nitrogens with zero attached hydrogens (tertiary/aromatic N) is 4. The van der Waals surface area contributed by atoms with Gasteiger partial charge in [0.1, 0.15) is 0 Å². The SMILES string of the molecule is N#Cc1ccc(NC(=O)N(CCc2csc3nc(-c4ccccc4)cn23)CC2CCCO2)cc1. The number of rotatable bonds is 7. The van der Waals surface area contributed by atoms with Gasteiger partial charge in [0.05, 0.1) is 23.4 Å². The summed E-state index contributed by atoms with van der Waals surface area (Å²) in [5, 5.41) is 14.1. The summed E-state index contributed by atoms with van der Waals surface area (Å²) in [5.41, 5.74) is 4.39. The molecule has 3 heterocycles. The van der Waals surface area contributed by atoms with Gasteiger partial charge < -0.3 is 15.0 Å². The number of nitrogens with one attached hydrogen (secondary N) is 1. The zero-order chi connectivity index (χ0) is 23.3. The minimum Gasteiger partial charge on any atom is -0.376 e. The number of carbonyl (C=O) groups is 1. The number of ether oxygens (including phenoxy) is 1. The van der Waals surface area contributed by atoms with E-state index >= 15 is 0 Å². The summed E-state index contributed by atoms with van der Waals surface area (Å²) in [6.07, 6.45) is 4.83. The number of aromatic nitrogens is 2. The molecule has 0 spiro atoms. The largest absolute Gasteiger partial charge is 0.376 e. The zero-order valence-electron chi connectivity index (χ0n) is 18.7.